The molecule has 1 heterocycles. The highest BCUT2D eigenvalue weighted by atomic mass is 32.2. The Labute approximate surface area is 122 Å². The fourth-order valence-corrected chi connectivity index (χ4v) is 3.29. The average Bonchev–Trinajstić information content (AvgIpc) is 2.78. The molecule has 0 aliphatic rings. The van der Waals surface area contributed by atoms with Crippen LogP contribution in [-0.4, -0.2) is 44.8 Å². The molecule has 0 radical (unpaired) electrons. The number of rotatable bonds is 8. The number of hydrogen-bond acceptors (Lipinski definition) is 5. The number of nitrogens with one attached hydrogen (secondary N) is 1. The van der Waals surface area contributed by atoms with E-state index in [4.69, 9.17) is 10.2 Å². The molecule has 0 spiro atoms. The maximum atomic E-state index is 12.0. The third kappa shape index (κ3) is 5.12. The van der Waals surface area contributed by atoms with Gasteiger partial charge in [0.05, 0.1) is 5.75 Å². The molecule has 21 heavy (non-hydrogen) atoms. The van der Waals surface area contributed by atoms with Gasteiger partial charge in [0.15, 0.2) is 0 Å². The first-order valence-electron chi connectivity index (χ1n) is 6.00. The molecule has 1 aromatic heterocycles. The predicted molar refractivity (Wildman–Crippen MR) is 74.8 cm³/mol. The van der Waals surface area contributed by atoms with Crippen molar-refractivity contribution in [3.63, 3.8) is 0 Å². The van der Waals surface area contributed by atoms with Gasteiger partial charge < -0.3 is 9.67 Å². The number of nitrogens with two attached hydrogens (primary N) is 1. The Morgan fingerprint density at radius 2 is 2.00 bits per heavy atom. The minimum atomic E-state index is -3.89. The highest BCUT2D eigenvalue weighted by Gasteiger charge is 2.20. The summed E-state index contributed by atoms with van der Waals surface area (Å²) >= 11 is 0. The van der Waals surface area contributed by atoms with E-state index in [-0.39, 0.29) is 29.3 Å². The van der Waals surface area contributed by atoms with Crippen molar-refractivity contribution in [2.24, 2.45) is 5.14 Å². The minimum absolute atomic E-state index is 0.0261. The molecule has 11 heteroatoms. The number of sulfonamides is 2. The zero-order valence-electron chi connectivity index (χ0n) is 11.3. The lowest BCUT2D eigenvalue weighted by atomic mass is 10.4. The van der Waals surface area contributed by atoms with Crippen molar-refractivity contribution in [2.75, 3.05) is 12.3 Å². The fourth-order valence-electron chi connectivity index (χ4n) is 1.63. The van der Waals surface area contributed by atoms with Crippen LogP contribution >= 0.6 is 0 Å². The molecule has 0 amide bonds. The van der Waals surface area contributed by atoms with E-state index in [2.05, 4.69) is 4.72 Å². The van der Waals surface area contributed by atoms with Gasteiger partial charge in [-0.15, -0.1) is 0 Å². The number of primary sulfonamides is 1. The number of aromatic nitrogens is 1. The Morgan fingerprint density at radius 1 is 1.38 bits per heavy atom. The maximum Gasteiger partial charge on any atom is 0.352 e. The van der Waals surface area contributed by atoms with Crippen molar-refractivity contribution in [2.45, 2.75) is 24.8 Å². The lowest BCUT2D eigenvalue weighted by Crippen LogP contribution is -2.27. The van der Waals surface area contributed by atoms with Crippen molar-refractivity contribution >= 4 is 26.0 Å². The first-order valence-corrected chi connectivity index (χ1v) is 9.20. The summed E-state index contributed by atoms with van der Waals surface area (Å²) in [6.45, 7) is 1.88. The smallest absolute Gasteiger partial charge is 0.352 e. The average molecular weight is 339 g/mol. The molecule has 0 saturated carbocycles. The maximum absolute atomic E-state index is 12.0. The molecule has 120 valence electrons. The molecule has 0 bridgehead atoms. The lowest BCUT2D eigenvalue weighted by molar-refractivity contribution is 0.0685. The number of carboxylic acid groups (broad SMARTS) is 1. The molecule has 0 aliphatic carbocycles. The number of aryl methyl sites for hydroxylation is 1. The monoisotopic (exact) mass is 339 g/mol. The quantitative estimate of drug-likeness (QED) is 0.526. The number of carbonyl (C=O) groups is 1. The molecule has 0 fully saturated rings. The molecular formula is C10H17N3O6S2. The number of nitrogens with zero attached hydrogens (tertiary/aromatic N) is 1. The topological polar surface area (TPSA) is 149 Å². The Kier molecular flexibility index (Phi) is 5.50. The van der Waals surface area contributed by atoms with Crippen molar-refractivity contribution < 1.29 is 26.7 Å². The number of aromatic carboxylic acids is 1. The van der Waals surface area contributed by atoms with Crippen molar-refractivity contribution in [3.05, 3.63) is 18.0 Å². The Morgan fingerprint density at radius 3 is 2.43 bits per heavy atom. The molecule has 9 nitrogen and oxygen atoms in total. The van der Waals surface area contributed by atoms with E-state index >= 15 is 0 Å². The van der Waals surface area contributed by atoms with Crippen LogP contribution in [0.2, 0.25) is 0 Å². The summed E-state index contributed by atoms with van der Waals surface area (Å²) in [7, 11) is -7.53. The van der Waals surface area contributed by atoms with Crippen molar-refractivity contribution in [3.8, 4) is 0 Å². The zero-order chi connectivity index (χ0) is 16.3. The fraction of sp³-hybridized carbons (Fsp3) is 0.500. The van der Waals surface area contributed by atoms with E-state index < -0.39 is 26.0 Å². The molecule has 1 rings (SSSR count). The van der Waals surface area contributed by atoms with Crippen LogP contribution in [0.3, 0.4) is 0 Å². The van der Waals surface area contributed by atoms with Gasteiger partial charge >= 0.3 is 5.97 Å². The van der Waals surface area contributed by atoms with Gasteiger partial charge in [-0.2, -0.15) is 0 Å². The Balaban J connectivity index is 2.81. The van der Waals surface area contributed by atoms with E-state index in [1.54, 1.807) is 6.92 Å². The number of hydrogen-bond donors (Lipinski definition) is 3. The highest BCUT2D eigenvalue weighted by molar-refractivity contribution is 7.89. The summed E-state index contributed by atoms with van der Waals surface area (Å²) in [6, 6.07) is 1.05. The normalized spacial score (nSPS) is 12.5. The van der Waals surface area contributed by atoms with Gasteiger partial charge in [0, 0.05) is 19.3 Å². The summed E-state index contributed by atoms with van der Waals surface area (Å²) in [5.74, 6) is -1.57. The molecule has 0 aliphatic heterocycles. The summed E-state index contributed by atoms with van der Waals surface area (Å²) in [5, 5.41) is 13.8. The first-order chi connectivity index (χ1) is 9.57. The van der Waals surface area contributed by atoms with Gasteiger partial charge in [0.25, 0.3) is 0 Å². The molecule has 4 N–H and O–H groups in total. The van der Waals surface area contributed by atoms with Crippen LogP contribution in [0, 0.1) is 0 Å². The van der Waals surface area contributed by atoms with Gasteiger partial charge in [-0.1, -0.05) is 0 Å². The first kappa shape index (κ1) is 17.6. The van der Waals surface area contributed by atoms with Crippen LogP contribution in [0.15, 0.2) is 17.2 Å². The third-order valence-corrected chi connectivity index (χ3v) is 4.93. The summed E-state index contributed by atoms with van der Waals surface area (Å²) in [5.41, 5.74) is -0.137. The van der Waals surface area contributed by atoms with Crippen molar-refractivity contribution in [1.82, 2.24) is 9.29 Å². The minimum Gasteiger partial charge on any atom is -0.477 e. The molecule has 0 aromatic carbocycles. The van der Waals surface area contributed by atoms with Crippen LogP contribution in [0.1, 0.15) is 23.8 Å². The summed E-state index contributed by atoms with van der Waals surface area (Å²) in [6.07, 6.45) is 1.24. The second-order valence-corrected chi connectivity index (χ2v) is 7.77. The van der Waals surface area contributed by atoms with Crippen LogP contribution in [-0.2, 0) is 26.6 Å². The van der Waals surface area contributed by atoms with Gasteiger partial charge in [-0.3, -0.25) is 0 Å². The highest BCUT2D eigenvalue weighted by Crippen LogP contribution is 2.14. The van der Waals surface area contributed by atoms with E-state index in [1.165, 1.54) is 10.8 Å². The molecule has 0 atom stereocenters. The van der Waals surface area contributed by atoms with Crippen LogP contribution in [0.25, 0.3) is 0 Å². The molecular weight excluding hydrogens is 322 g/mol. The third-order valence-electron chi connectivity index (χ3n) is 2.64. The summed E-state index contributed by atoms with van der Waals surface area (Å²) in [4.78, 5) is 10.8. The van der Waals surface area contributed by atoms with Crippen LogP contribution in [0.4, 0.5) is 0 Å². The second kappa shape index (κ2) is 6.56. The van der Waals surface area contributed by atoms with E-state index in [0.29, 0.717) is 6.54 Å². The van der Waals surface area contributed by atoms with Gasteiger partial charge in [0.1, 0.15) is 10.6 Å². The predicted octanol–water partition coefficient (Wildman–Crippen LogP) is -0.837. The number of carboxylic acids is 1. The van der Waals surface area contributed by atoms with Crippen molar-refractivity contribution in [1.29, 1.82) is 0 Å². The van der Waals surface area contributed by atoms with E-state index in [1.807, 2.05) is 0 Å². The standard InChI is InChI=1S/C10H17N3O6S2/c1-2-13-7-8(6-9(13)10(14)15)21(18,19)12-4-3-5-20(11,16)17/h6-7,12H,2-5H2,1H3,(H,14,15)(H2,11,16,17). The Bertz CT molecular complexity index is 720. The largest absolute Gasteiger partial charge is 0.477 e. The molecule has 0 saturated heterocycles. The van der Waals surface area contributed by atoms with E-state index in [9.17, 15) is 21.6 Å². The Hall–Kier alpha value is -1.43. The van der Waals surface area contributed by atoms with Crippen LogP contribution < -0.4 is 9.86 Å². The van der Waals surface area contributed by atoms with Gasteiger partial charge in [-0.05, 0) is 19.4 Å². The van der Waals surface area contributed by atoms with Crippen LogP contribution in [0.5, 0.6) is 0 Å². The van der Waals surface area contributed by atoms with E-state index in [0.717, 1.165) is 6.07 Å². The van der Waals surface area contributed by atoms with Gasteiger partial charge in [0.2, 0.25) is 20.0 Å². The second-order valence-electron chi connectivity index (χ2n) is 4.27. The lowest BCUT2D eigenvalue weighted by Gasteiger charge is -2.04. The summed E-state index contributed by atoms with van der Waals surface area (Å²) < 4.78 is 48.9. The van der Waals surface area contributed by atoms with Gasteiger partial charge in [-0.25, -0.2) is 31.5 Å². The molecule has 1 aromatic rings. The molecule has 0 unspecified atom stereocenters. The SMILES string of the molecule is CCn1cc(S(=O)(=O)NCCCS(N)(=O)=O)cc1C(=O)O. The zero-order valence-corrected chi connectivity index (χ0v) is 12.9.